The van der Waals surface area contributed by atoms with E-state index in [0.29, 0.717) is 17.2 Å². The van der Waals surface area contributed by atoms with Crippen LogP contribution < -0.4 is 25.3 Å². The van der Waals surface area contributed by atoms with Gasteiger partial charge in [-0.05, 0) is 14.0 Å². The number of likely N-dealkylation sites (N-methyl/N-ethyl adjacent to an activating group) is 1. The zero-order valence-electron chi connectivity index (χ0n) is 11.6. The van der Waals surface area contributed by atoms with Crippen molar-refractivity contribution in [3.8, 4) is 17.2 Å². The summed E-state index contributed by atoms with van der Waals surface area (Å²) in [4.78, 5) is 0. The Balaban J connectivity index is 3.38. The van der Waals surface area contributed by atoms with Crippen LogP contribution in [0.4, 0.5) is 0 Å². The molecule has 1 aromatic carbocycles. The zero-order valence-corrected chi connectivity index (χ0v) is 11.6. The lowest BCUT2D eigenvalue weighted by atomic mass is 9.98. The highest BCUT2D eigenvalue weighted by atomic mass is 16.5. The van der Waals surface area contributed by atoms with E-state index < -0.39 is 0 Å². The predicted molar refractivity (Wildman–Crippen MR) is 71.5 cm³/mol. The highest BCUT2D eigenvalue weighted by Crippen LogP contribution is 2.38. The Morgan fingerprint density at radius 2 is 1.56 bits per heavy atom. The lowest BCUT2D eigenvalue weighted by molar-refractivity contribution is 0.353. The van der Waals surface area contributed by atoms with Gasteiger partial charge in [0.05, 0.1) is 32.9 Å². The SMILES string of the molecule is CNC(c1c(OC)cc(OC)cc1OC)C(C)N. The highest BCUT2D eigenvalue weighted by Gasteiger charge is 2.24. The van der Waals surface area contributed by atoms with Gasteiger partial charge in [-0.15, -0.1) is 0 Å². The van der Waals surface area contributed by atoms with E-state index >= 15 is 0 Å². The number of hydrogen-bond acceptors (Lipinski definition) is 5. The molecule has 1 aromatic rings. The third-order valence-corrected chi connectivity index (χ3v) is 2.90. The van der Waals surface area contributed by atoms with E-state index in [1.165, 1.54) is 0 Å². The highest BCUT2D eigenvalue weighted by molar-refractivity contribution is 5.52. The van der Waals surface area contributed by atoms with Crippen LogP contribution in [0.1, 0.15) is 18.5 Å². The largest absolute Gasteiger partial charge is 0.496 e. The van der Waals surface area contributed by atoms with Crippen LogP contribution in [0, 0.1) is 0 Å². The number of nitrogens with two attached hydrogens (primary N) is 1. The summed E-state index contributed by atoms with van der Waals surface area (Å²) in [5, 5.41) is 3.18. The third kappa shape index (κ3) is 2.86. The Morgan fingerprint density at radius 1 is 1.06 bits per heavy atom. The molecule has 0 spiro atoms. The normalized spacial score (nSPS) is 13.9. The van der Waals surface area contributed by atoms with E-state index in [9.17, 15) is 0 Å². The van der Waals surface area contributed by atoms with Crippen molar-refractivity contribution >= 4 is 0 Å². The van der Waals surface area contributed by atoms with Crippen molar-refractivity contribution in [3.05, 3.63) is 17.7 Å². The van der Waals surface area contributed by atoms with Gasteiger partial charge in [-0.1, -0.05) is 0 Å². The minimum Gasteiger partial charge on any atom is -0.496 e. The molecule has 2 atom stereocenters. The number of hydrogen-bond donors (Lipinski definition) is 2. The summed E-state index contributed by atoms with van der Waals surface area (Å²) in [5.74, 6) is 2.08. The maximum absolute atomic E-state index is 5.99. The van der Waals surface area contributed by atoms with Gasteiger partial charge in [0, 0.05) is 18.2 Å². The van der Waals surface area contributed by atoms with Crippen LogP contribution in [0.25, 0.3) is 0 Å². The maximum atomic E-state index is 5.99. The first kappa shape index (κ1) is 14.6. The van der Waals surface area contributed by atoms with Crippen LogP contribution in [-0.2, 0) is 0 Å². The fourth-order valence-electron chi connectivity index (χ4n) is 2.01. The first-order valence-electron chi connectivity index (χ1n) is 5.81. The van der Waals surface area contributed by atoms with E-state index in [4.69, 9.17) is 19.9 Å². The second kappa shape index (κ2) is 6.47. The van der Waals surface area contributed by atoms with Crippen molar-refractivity contribution in [2.24, 2.45) is 5.73 Å². The number of rotatable bonds is 6. The van der Waals surface area contributed by atoms with E-state index in [1.807, 2.05) is 26.1 Å². The lowest BCUT2D eigenvalue weighted by Crippen LogP contribution is -2.34. The van der Waals surface area contributed by atoms with Gasteiger partial charge < -0.3 is 25.3 Å². The summed E-state index contributed by atoms with van der Waals surface area (Å²) in [6.07, 6.45) is 0. The molecule has 3 N–H and O–H groups in total. The van der Waals surface area contributed by atoms with Crippen LogP contribution in [-0.4, -0.2) is 34.4 Å². The molecule has 0 aliphatic carbocycles. The molecule has 1 rings (SSSR count). The fraction of sp³-hybridized carbons (Fsp3) is 0.538. The van der Waals surface area contributed by atoms with Gasteiger partial charge in [0.25, 0.3) is 0 Å². The molecule has 0 amide bonds. The number of methoxy groups -OCH3 is 3. The molecule has 5 nitrogen and oxygen atoms in total. The van der Waals surface area contributed by atoms with Crippen molar-refractivity contribution in [1.29, 1.82) is 0 Å². The molecular weight excluding hydrogens is 232 g/mol. The Kier molecular flexibility index (Phi) is 5.25. The van der Waals surface area contributed by atoms with Crippen LogP contribution in [0.15, 0.2) is 12.1 Å². The molecule has 0 radical (unpaired) electrons. The van der Waals surface area contributed by atoms with E-state index in [2.05, 4.69) is 5.32 Å². The molecule has 0 bridgehead atoms. The maximum Gasteiger partial charge on any atom is 0.131 e. The monoisotopic (exact) mass is 254 g/mol. The molecule has 0 heterocycles. The standard InChI is InChI=1S/C13H22N2O3/c1-8(14)13(15-2)12-10(17-4)6-9(16-3)7-11(12)18-5/h6-8,13,15H,14H2,1-5H3. The first-order chi connectivity index (χ1) is 8.58. The van der Waals surface area contributed by atoms with E-state index in [1.54, 1.807) is 21.3 Å². The molecule has 0 aliphatic heterocycles. The molecule has 0 fully saturated rings. The summed E-state index contributed by atoms with van der Waals surface area (Å²) in [6.45, 7) is 1.93. The van der Waals surface area contributed by atoms with Crippen molar-refractivity contribution in [2.45, 2.75) is 19.0 Å². The van der Waals surface area contributed by atoms with Crippen molar-refractivity contribution in [3.63, 3.8) is 0 Å². The molecule has 0 aliphatic rings. The molecule has 5 heteroatoms. The summed E-state index contributed by atoms with van der Waals surface area (Å²) >= 11 is 0. The van der Waals surface area contributed by atoms with Gasteiger partial charge in [0.1, 0.15) is 17.2 Å². The molecule has 102 valence electrons. The Labute approximate surface area is 108 Å². The fourth-order valence-corrected chi connectivity index (χ4v) is 2.01. The molecular formula is C13H22N2O3. The van der Waals surface area contributed by atoms with Crippen molar-refractivity contribution < 1.29 is 14.2 Å². The van der Waals surface area contributed by atoms with Gasteiger partial charge in [0.2, 0.25) is 0 Å². The summed E-state index contributed by atoms with van der Waals surface area (Å²) in [5.41, 5.74) is 6.89. The second-order valence-electron chi connectivity index (χ2n) is 4.07. The number of ether oxygens (including phenoxy) is 3. The van der Waals surface area contributed by atoms with E-state index in [0.717, 1.165) is 5.56 Å². The minimum atomic E-state index is -0.0776. The second-order valence-corrected chi connectivity index (χ2v) is 4.07. The van der Waals surface area contributed by atoms with Gasteiger partial charge in [-0.25, -0.2) is 0 Å². The summed E-state index contributed by atoms with van der Waals surface area (Å²) < 4.78 is 16.0. The summed E-state index contributed by atoms with van der Waals surface area (Å²) in [6, 6.07) is 3.52. The molecule has 2 unspecified atom stereocenters. The van der Waals surface area contributed by atoms with Gasteiger partial charge in [-0.2, -0.15) is 0 Å². The zero-order chi connectivity index (χ0) is 13.7. The van der Waals surface area contributed by atoms with Gasteiger partial charge >= 0.3 is 0 Å². The van der Waals surface area contributed by atoms with Crippen LogP contribution >= 0.6 is 0 Å². The molecule has 18 heavy (non-hydrogen) atoms. The Bertz CT molecular complexity index is 369. The smallest absolute Gasteiger partial charge is 0.131 e. The van der Waals surface area contributed by atoms with Gasteiger partial charge in [-0.3, -0.25) is 0 Å². The summed E-state index contributed by atoms with van der Waals surface area (Å²) in [7, 11) is 6.70. The third-order valence-electron chi connectivity index (χ3n) is 2.90. The Morgan fingerprint density at radius 3 is 1.83 bits per heavy atom. The van der Waals surface area contributed by atoms with Crippen molar-refractivity contribution in [1.82, 2.24) is 5.32 Å². The Hall–Kier alpha value is -1.46. The minimum absolute atomic E-state index is 0.0548. The molecule has 0 saturated carbocycles. The average molecular weight is 254 g/mol. The van der Waals surface area contributed by atoms with E-state index in [-0.39, 0.29) is 12.1 Å². The van der Waals surface area contributed by atoms with Crippen molar-refractivity contribution in [2.75, 3.05) is 28.4 Å². The predicted octanol–water partition coefficient (Wildman–Crippen LogP) is 1.32. The number of benzene rings is 1. The molecule has 0 aromatic heterocycles. The topological polar surface area (TPSA) is 65.7 Å². The lowest BCUT2D eigenvalue weighted by Gasteiger charge is -2.25. The molecule has 0 saturated heterocycles. The first-order valence-corrected chi connectivity index (χ1v) is 5.81. The van der Waals surface area contributed by atoms with Crippen LogP contribution in [0.5, 0.6) is 17.2 Å². The number of nitrogens with one attached hydrogen (secondary N) is 1. The quantitative estimate of drug-likeness (QED) is 0.801. The van der Waals surface area contributed by atoms with Crippen LogP contribution in [0.2, 0.25) is 0 Å². The van der Waals surface area contributed by atoms with Crippen LogP contribution in [0.3, 0.4) is 0 Å². The average Bonchev–Trinajstić information content (AvgIpc) is 2.38. The van der Waals surface area contributed by atoms with Gasteiger partial charge in [0.15, 0.2) is 0 Å².